The molecular weight excluding hydrogens is 246 g/mol. The molecule has 2 rings (SSSR count). The van der Waals surface area contributed by atoms with E-state index < -0.39 is 0 Å². The molecular formula is C17H29N3. The maximum Gasteiger partial charge on any atom is 0.0676 e. The molecule has 4 unspecified atom stereocenters. The van der Waals surface area contributed by atoms with Crippen molar-refractivity contribution < 1.29 is 0 Å². The second-order valence-electron chi connectivity index (χ2n) is 6.54. The van der Waals surface area contributed by atoms with Crippen LogP contribution >= 0.6 is 0 Å². The lowest BCUT2D eigenvalue weighted by atomic mass is 9.72. The van der Waals surface area contributed by atoms with Crippen LogP contribution in [0.1, 0.15) is 63.0 Å². The topological polar surface area (TPSA) is 37.8 Å². The van der Waals surface area contributed by atoms with Crippen LogP contribution in [0, 0.1) is 24.7 Å². The molecule has 1 aliphatic rings. The van der Waals surface area contributed by atoms with Gasteiger partial charge in [0.05, 0.1) is 11.4 Å². The van der Waals surface area contributed by atoms with Gasteiger partial charge in [-0.1, -0.05) is 27.2 Å². The maximum absolute atomic E-state index is 4.40. The van der Waals surface area contributed by atoms with Crippen molar-refractivity contribution in [1.29, 1.82) is 0 Å². The van der Waals surface area contributed by atoms with E-state index in [1.807, 2.05) is 6.92 Å². The SMILES string of the molecule is CCc1nnc(C)cc1C(NC)C1CCC(C)C(C)C1. The number of nitrogens with zero attached hydrogens (tertiary/aromatic N) is 2. The van der Waals surface area contributed by atoms with Crippen LogP contribution in [0.4, 0.5) is 0 Å². The van der Waals surface area contributed by atoms with Crippen molar-refractivity contribution in [1.82, 2.24) is 15.5 Å². The number of aromatic nitrogens is 2. The van der Waals surface area contributed by atoms with E-state index in [9.17, 15) is 0 Å². The van der Waals surface area contributed by atoms with Crippen LogP contribution in [0.3, 0.4) is 0 Å². The van der Waals surface area contributed by atoms with Gasteiger partial charge in [-0.15, -0.1) is 0 Å². The van der Waals surface area contributed by atoms with Crippen molar-refractivity contribution >= 4 is 0 Å². The van der Waals surface area contributed by atoms with Crippen LogP contribution in [0.2, 0.25) is 0 Å². The van der Waals surface area contributed by atoms with Gasteiger partial charge in [0.2, 0.25) is 0 Å². The summed E-state index contributed by atoms with van der Waals surface area (Å²) >= 11 is 0. The van der Waals surface area contributed by atoms with E-state index in [4.69, 9.17) is 0 Å². The maximum atomic E-state index is 4.40. The van der Waals surface area contributed by atoms with E-state index in [-0.39, 0.29) is 0 Å². The molecule has 1 fully saturated rings. The molecule has 1 saturated carbocycles. The number of nitrogens with one attached hydrogen (secondary N) is 1. The Kier molecular flexibility index (Phi) is 5.14. The largest absolute Gasteiger partial charge is 0.313 e. The standard InChI is InChI=1S/C17H29N3/c1-6-16-15(10-13(4)19-20-16)17(18-5)14-8-7-11(2)12(3)9-14/h10-12,14,17-18H,6-9H2,1-5H3. The zero-order valence-corrected chi connectivity index (χ0v) is 13.6. The van der Waals surface area contributed by atoms with Gasteiger partial charge in [-0.05, 0) is 62.6 Å². The van der Waals surface area contributed by atoms with E-state index in [1.165, 1.54) is 24.8 Å². The Labute approximate surface area is 123 Å². The summed E-state index contributed by atoms with van der Waals surface area (Å²) in [5.41, 5.74) is 3.55. The Bertz CT molecular complexity index is 444. The highest BCUT2D eigenvalue weighted by molar-refractivity contribution is 5.25. The Balaban J connectivity index is 2.26. The van der Waals surface area contributed by atoms with Gasteiger partial charge < -0.3 is 5.32 Å². The van der Waals surface area contributed by atoms with E-state index in [2.05, 4.69) is 49.4 Å². The van der Waals surface area contributed by atoms with E-state index >= 15 is 0 Å². The highest BCUT2D eigenvalue weighted by Crippen LogP contribution is 2.40. The quantitative estimate of drug-likeness (QED) is 0.911. The van der Waals surface area contributed by atoms with Crippen LogP contribution in [-0.2, 0) is 6.42 Å². The monoisotopic (exact) mass is 275 g/mol. The molecule has 0 radical (unpaired) electrons. The van der Waals surface area contributed by atoms with Gasteiger partial charge in [0.25, 0.3) is 0 Å². The lowest BCUT2D eigenvalue weighted by Crippen LogP contribution is -2.32. The molecule has 0 bridgehead atoms. The minimum absolute atomic E-state index is 0.425. The van der Waals surface area contributed by atoms with Crippen molar-refractivity contribution in [3.63, 3.8) is 0 Å². The van der Waals surface area contributed by atoms with E-state index in [1.54, 1.807) is 0 Å². The second kappa shape index (κ2) is 6.66. The molecule has 112 valence electrons. The fourth-order valence-electron chi connectivity index (χ4n) is 3.62. The van der Waals surface area contributed by atoms with Gasteiger partial charge in [0.15, 0.2) is 0 Å². The lowest BCUT2D eigenvalue weighted by molar-refractivity contribution is 0.174. The predicted molar refractivity (Wildman–Crippen MR) is 83.6 cm³/mol. The summed E-state index contributed by atoms with van der Waals surface area (Å²) in [5.74, 6) is 2.41. The highest BCUT2D eigenvalue weighted by atomic mass is 15.1. The van der Waals surface area contributed by atoms with Crippen molar-refractivity contribution in [3.8, 4) is 0 Å². The average Bonchev–Trinajstić information content (AvgIpc) is 2.44. The zero-order valence-electron chi connectivity index (χ0n) is 13.6. The molecule has 1 N–H and O–H groups in total. The minimum Gasteiger partial charge on any atom is -0.313 e. The number of aryl methyl sites for hydroxylation is 2. The molecule has 3 nitrogen and oxygen atoms in total. The summed E-state index contributed by atoms with van der Waals surface area (Å²) in [6.45, 7) is 9.00. The van der Waals surface area contributed by atoms with Crippen molar-refractivity contribution in [3.05, 3.63) is 23.0 Å². The van der Waals surface area contributed by atoms with Crippen LogP contribution in [0.25, 0.3) is 0 Å². The van der Waals surface area contributed by atoms with E-state index in [0.29, 0.717) is 6.04 Å². The van der Waals surface area contributed by atoms with Gasteiger partial charge in [0, 0.05) is 6.04 Å². The van der Waals surface area contributed by atoms with Crippen LogP contribution < -0.4 is 5.32 Å². The van der Waals surface area contributed by atoms with Gasteiger partial charge in [-0.3, -0.25) is 0 Å². The summed E-state index contributed by atoms with van der Waals surface area (Å²) in [5, 5.41) is 12.2. The molecule has 0 aliphatic heterocycles. The van der Waals surface area contributed by atoms with Crippen LogP contribution in [0.15, 0.2) is 6.07 Å². The zero-order chi connectivity index (χ0) is 14.7. The van der Waals surface area contributed by atoms with Gasteiger partial charge in [-0.2, -0.15) is 10.2 Å². The van der Waals surface area contributed by atoms with Crippen LogP contribution in [-0.4, -0.2) is 17.2 Å². The summed E-state index contributed by atoms with van der Waals surface area (Å²) in [6.07, 6.45) is 4.95. The van der Waals surface area contributed by atoms with Crippen molar-refractivity contribution in [2.75, 3.05) is 7.05 Å². The molecule has 4 atom stereocenters. The lowest BCUT2D eigenvalue weighted by Gasteiger charge is -2.37. The normalized spacial score (nSPS) is 28.4. The number of hydrogen-bond donors (Lipinski definition) is 1. The summed E-state index contributed by atoms with van der Waals surface area (Å²) in [4.78, 5) is 0. The first-order valence-corrected chi connectivity index (χ1v) is 8.07. The molecule has 1 aromatic heterocycles. The molecule has 1 heterocycles. The fraction of sp³-hybridized carbons (Fsp3) is 0.765. The van der Waals surface area contributed by atoms with Crippen molar-refractivity contribution in [2.45, 2.75) is 59.4 Å². The van der Waals surface area contributed by atoms with Crippen LogP contribution in [0.5, 0.6) is 0 Å². The second-order valence-corrected chi connectivity index (χ2v) is 6.54. The average molecular weight is 275 g/mol. The first-order valence-electron chi connectivity index (χ1n) is 8.07. The first-order chi connectivity index (χ1) is 9.56. The Morgan fingerprint density at radius 2 is 2.00 bits per heavy atom. The molecule has 1 aromatic rings. The third-order valence-electron chi connectivity index (χ3n) is 5.12. The third-order valence-corrected chi connectivity index (χ3v) is 5.12. The van der Waals surface area contributed by atoms with E-state index in [0.717, 1.165) is 35.6 Å². The smallest absolute Gasteiger partial charge is 0.0676 e. The predicted octanol–water partition coefficient (Wildman–Crippen LogP) is 3.68. The summed E-state index contributed by atoms with van der Waals surface area (Å²) < 4.78 is 0. The molecule has 3 heteroatoms. The summed E-state index contributed by atoms with van der Waals surface area (Å²) in [6, 6.07) is 2.66. The molecule has 1 aliphatic carbocycles. The molecule has 0 amide bonds. The van der Waals surface area contributed by atoms with Gasteiger partial charge in [-0.25, -0.2) is 0 Å². The Morgan fingerprint density at radius 1 is 1.25 bits per heavy atom. The first kappa shape index (κ1) is 15.4. The Hall–Kier alpha value is -0.960. The Morgan fingerprint density at radius 3 is 2.60 bits per heavy atom. The summed E-state index contributed by atoms with van der Waals surface area (Å²) in [7, 11) is 2.09. The number of rotatable bonds is 4. The van der Waals surface area contributed by atoms with Gasteiger partial charge in [0.1, 0.15) is 0 Å². The molecule has 0 aromatic carbocycles. The molecule has 0 saturated heterocycles. The number of hydrogen-bond acceptors (Lipinski definition) is 3. The van der Waals surface area contributed by atoms with Gasteiger partial charge >= 0.3 is 0 Å². The fourth-order valence-corrected chi connectivity index (χ4v) is 3.62. The third kappa shape index (κ3) is 3.20. The highest BCUT2D eigenvalue weighted by Gasteiger charge is 2.31. The molecule has 20 heavy (non-hydrogen) atoms. The van der Waals surface area contributed by atoms with Crippen molar-refractivity contribution in [2.24, 2.45) is 17.8 Å². The minimum atomic E-state index is 0.425. The molecule has 0 spiro atoms.